The number of rotatable bonds is 12. The summed E-state index contributed by atoms with van der Waals surface area (Å²) in [7, 11) is 0. The van der Waals surface area contributed by atoms with E-state index in [0.717, 1.165) is 28.7 Å². The summed E-state index contributed by atoms with van der Waals surface area (Å²) in [5.74, 6) is 0.560. The van der Waals surface area contributed by atoms with Gasteiger partial charge in [-0.1, -0.05) is 55.5 Å². The van der Waals surface area contributed by atoms with Gasteiger partial charge in [-0.05, 0) is 54.3 Å². The van der Waals surface area contributed by atoms with Crippen LogP contribution >= 0.6 is 0 Å². The van der Waals surface area contributed by atoms with Gasteiger partial charge in [0.1, 0.15) is 30.3 Å². The lowest BCUT2D eigenvalue weighted by Gasteiger charge is -2.18. The zero-order valence-corrected chi connectivity index (χ0v) is 23.6. The maximum atomic E-state index is 13.3. The minimum atomic E-state index is -1.40. The van der Waals surface area contributed by atoms with Gasteiger partial charge in [-0.3, -0.25) is 0 Å². The molecule has 0 radical (unpaired) electrons. The zero-order chi connectivity index (χ0) is 29.4. The molecule has 0 aliphatic carbocycles. The predicted molar refractivity (Wildman–Crippen MR) is 149 cm³/mol. The van der Waals surface area contributed by atoms with Gasteiger partial charge in [-0.15, -0.1) is 5.10 Å². The van der Waals surface area contributed by atoms with Crippen molar-refractivity contribution in [2.24, 2.45) is 0 Å². The maximum Gasteiger partial charge on any atom is 0.508 e. The zero-order valence-electron chi connectivity index (χ0n) is 23.6. The number of aryl methyl sites for hydroxylation is 1. The van der Waals surface area contributed by atoms with E-state index in [1.54, 1.807) is 25.3 Å². The van der Waals surface area contributed by atoms with E-state index in [2.05, 4.69) is 25.6 Å². The number of aliphatic hydroxyl groups is 1. The molecule has 0 amide bonds. The average molecular weight is 563 g/mol. The molecular formula is C29H34N6O6. The van der Waals surface area contributed by atoms with Crippen molar-refractivity contribution >= 4 is 12.1 Å². The standard InChI is InChI=1S/C29H34N6O6/c1-5-9-23-30-25(29(3,4)38)24(27(36)40-16-17-41-28(37)39-6-2)35(23)18-19-12-14-20(15-13-19)21-10-7-8-11-22(21)26-31-33-34-32-26/h7-8,10-15,38H,5-6,9,16-18H2,1-4H3,(H,31,32,33,34). The molecule has 0 aliphatic heterocycles. The highest BCUT2D eigenvalue weighted by Crippen LogP contribution is 2.31. The number of aromatic nitrogens is 6. The van der Waals surface area contributed by atoms with Crippen molar-refractivity contribution in [1.29, 1.82) is 0 Å². The number of aromatic amines is 1. The van der Waals surface area contributed by atoms with Crippen LogP contribution in [0.2, 0.25) is 0 Å². The molecule has 0 unspecified atom stereocenters. The van der Waals surface area contributed by atoms with Crippen molar-refractivity contribution in [2.75, 3.05) is 19.8 Å². The summed E-state index contributed by atoms with van der Waals surface area (Å²) < 4.78 is 16.8. The fourth-order valence-corrected chi connectivity index (χ4v) is 4.39. The van der Waals surface area contributed by atoms with Crippen molar-refractivity contribution in [2.45, 2.75) is 52.7 Å². The van der Waals surface area contributed by atoms with Gasteiger partial charge in [0.25, 0.3) is 0 Å². The average Bonchev–Trinajstić information content (AvgIpc) is 3.61. The molecule has 0 atom stereocenters. The van der Waals surface area contributed by atoms with Crippen LogP contribution in [0.1, 0.15) is 61.7 Å². The fraction of sp³-hybridized carbons (Fsp3) is 0.379. The quantitative estimate of drug-likeness (QED) is 0.189. The van der Waals surface area contributed by atoms with Gasteiger partial charge in [-0.25, -0.2) is 19.7 Å². The highest BCUT2D eigenvalue weighted by molar-refractivity contribution is 5.89. The van der Waals surface area contributed by atoms with Crippen LogP contribution in [0.3, 0.4) is 0 Å². The molecule has 4 rings (SSSR count). The third-order valence-electron chi connectivity index (χ3n) is 6.22. The van der Waals surface area contributed by atoms with E-state index in [1.165, 1.54) is 0 Å². The smallest absolute Gasteiger partial charge is 0.457 e. The topological polar surface area (TPSA) is 154 Å². The van der Waals surface area contributed by atoms with Gasteiger partial charge in [0.2, 0.25) is 0 Å². The molecule has 2 aromatic carbocycles. The van der Waals surface area contributed by atoms with Crippen molar-refractivity contribution in [3.63, 3.8) is 0 Å². The molecule has 0 bridgehead atoms. The third-order valence-corrected chi connectivity index (χ3v) is 6.22. The molecule has 0 fully saturated rings. The van der Waals surface area contributed by atoms with Crippen molar-refractivity contribution in [3.8, 4) is 22.5 Å². The highest BCUT2D eigenvalue weighted by atomic mass is 16.7. The number of carbonyl (C=O) groups is 2. The van der Waals surface area contributed by atoms with E-state index in [4.69, 9.17) is 14.2 Å². The molecular weight excluding hydrogens is 528 g/mol. The number of carbonyl (C=O) groups excluding carboxylic acids is 2. The van der Waals surface area contributed by atoms with Crippen LogP contribution in [0, 0.1) is 0 Å². The number of tetrazole rings is 1. The van der Waals surface area contributed by atoms with Crippen molar-refractivity contribution in [3.05, 3.63) is 71.3 Å². The number of nitrogens with zero attached hydrogens (tertiary/aromatic N) is 5. The van der Waals surface area contributed by atoms with Crippen molar-refractivity contribution < 1.29 is 28.9 Å². The number of ether oxygens (including phenoxy) is 3. The summed E-state index contributed by atoms with van der Waals surface area (Å²) in [5, 5.41) is 25.1. The molecule has 12 nitrogen and oxygen atoms in total. The number of hydrogen-bond acceptors (Lipinski definition) is 10. The van der Waals surface area contributed by atoms with Crippen LogP contribution in [0.25, 0.3) is 22.5 Å². The third kappa shape index (κ3) is 7.14. The van der Waals surface area contributed by atoms with Gasteiger partial charge < -0.3 is 23.9 Å². The first-order valence-electron chi connectivity index (χ1n) is 13.4. The second-order valence-corrected chi connectivity index (χ2v) is 9.78. The van der Waals surface area contributed by atoms with Crippen LogP contribution in [0.5, 0.6) is 0 Å². The van der Waals surface area contributed by atoms with Gasteiger partial charge in [0.15, 0.2) is 11.5 Å². The van der Waals surface area contributed by atoms with E-state index >= 15 is 0 Å². The number of nitrogens with one attached hydrogen (secondary N) is 1. The first kappa shape index (κ1) is 29.4. The monoisotopic (exact) mass is 562 g/mol. The van der Waals surface area contributed by atoms with Crippen molar-refractivity contribution in [1.82, 2.24) is 30.2 Å². The molecule has 0 saturated carbocycles. The van der Waals surface area contributed by atoms with E-state index in [9.17, 15) is 14.7 Å². The number of hydrogen-bond donors (Lipinski definition) is 2. The lowest BCUT2D eigenvalue weighted by Crippen LogP contribution is -2.24. The summed E-state index contributed by atoms with van der Waals surface area (Å²) in [5.41, 5.74) is 2.71. The molecule has 0 spiro atoms. The SMILES string of the molecule is CCCc1nc(C(C)(C)O)c(C(=O)OCCOC(=O)OCC)n1Cc1ccc(-c2ccccc2-c2nnn[nH]2)cc1. The summed E-state index contributed by atoms with van der Waals surface area (Å²) in [6.07, 6.45) is 0.551. The van der Waals surface area contributed by atoms with Gasteiger partial charge >= 0.3 is 12.1 Å². The molecule has 216 valence electrons. The Bertz CT molecular complexity index is 1460. The lowest BCUT2D eigenvalue weighted by atomic mass is 9.98. The predicted octanol–water partition coefficient (Wildman–Crippen LogP) is 4.29. The van der Waals surface area contributed by atoms with Crippen LogP contribution in [-0.4, -0.2) is 67.2 Å². The molecule has 2 heterocycles. The molecule has 41 heavy (non-hydrogen) atoms. The molecule has 12 heteroatoms. The lowest BCUT2D eigenvalue weighted by molar-refractivity contribution is 0.0223. The second kappa shape index (κ2) is 13.2. The summed E-state index contributed by atoms with van der Waals surface area (Å²) in [6.45, 7) is 7.01. The van der Waals surface area contributed by atoms with Crippen LogP contribution < -0.4 is 0 Å². The molecule has 2 aromatic heterocycles. The van der Waals surface area contributed by atoms with Crippen LogP contribution in [0.4, 0.5) is 4.79 Å². The van der Waals surface area contributed by atoms with E-state index in [1.807, 2.05) is 55.5 Å². The fourth-order valence-electron chi connectivity index (χ4n) is 4.39. The van der Waals surface area contributed by atoms with E-state index in [0.29, 0.717) is 24.6 Å². The Morgan fingerprint density at radius 1 is 0.976 bits per heavy atom. The van der Waals surface area contributed by atoms with Crippen LogP contribution in [-0.2, 0) is 32.8 Å². The molecule has 4 aromatic rings. The first-order chi connectivity index (χ1) is 19.7. The Hall–Kier alpha value is -4.58. The van der Waals surface area contributed by atoms with E-state index < -0.39 is 17.7 Å². The summed E-state index contributed by atoms with van der Waals surface area (Å²) in [4.78, 5) is 29.4. The minimum absolute atomic E-state index is 0.157. The van der Waals surface area contributed by atoms with E-state index in [-0.39, 0.29) is 31.2 Å². The minimum Gasteiger partial charge on any atom is -0.457 e. The Morgan fingerprint density at radius 2 is 1.68 bits per heavy atom. The number of benzene rings is 2. The normalized spacial score (nSPS) is 11.3. The van der Waals surface area contributed by atoms with Gasteiger partial charge in [0, 0.05) is 18.5 Å². The number of H-pyrrole nitrogens is 1. The Balaban J connectivity index is 1.61. The highest BCUT2D eigenvalue weighted by Gasteiger charge is 2.32. The Morgan fingerprint density at radius 3 is 2.32 bits per heavy atom. The van der Waals surface area contributed by atoms with Crippen LogP contribution in [0.15, 0.2) is 48.5 Å². The van der Waals surface area contributed by atoms with Gasteiger partial charge in [0.05, 0.1) is 6.61 Å². The first-order valence-corrected chi connectivity index (χ1v) is 13.4. The molecule has 0 saturated heterocycles. The second-order valence-electron chi connectivity index (χ2n) is 9.78. The number of imidazole rings is 1. The van der Waals surface area contributed by atoms with Gasteiger partial charge in [-0.2, -0.15) is 0 Å². The molecule has 0 aliphatic rings. The summed E-state index contributed by atoms with van der Waals surface area (Å²) in [6, 6.07) is 15.8. The summed E-state index contributed by atoms with van der Waals surface area (Å²) >= 11 is 0. The number of esters is 1. The maximum absolute atomic E-state index is 13.3. The Kier molecular flexibility index (Phi) is 9.45. The largest absolute Gasteiger partial charge is 0.508 e. The molecule has 2 N–H and O–H groups in total. The Labute approximate surface area is 237 Å².